The van der Waals surface area contributed by atoms with Crippen LogP contribution >= 0.6 is 0 Å². The van der Waals surface area contributed by atoms with Crippen LogP contribution in [0.15, 0.2) is 41.3 Å². The summed E-state index contributed by atoms with van der Waals surface area (Å²) >= 11 is 0. The number of anilines is 1. The molecule has 0 atom stereocenters. The zero-order valence-electron chi connectivity index (χ0n) is 12.5. The topological polar surface area (TPSA) is 92.9 Å². The van der Waals surface area contributed by atoms with Crippen LogP contribution in [0.1, 0.15) is 6.92 Å². The van der Waals surface area contributed by atoms with Gasteiger partial charge in [-0.1, -0.05) is 28.7 Å². The number of rotatable bonds is 4. The van der Waals surface area contributed by atoms with E-state index in [2.05, 4.69) is 4.94 Å². The standard InChI is InChI=1S/C14H17N3O4S/c1-10(18)17(21-15)22(19,20)14-9-5-6-11-12(14)7-4-8-13(11)16(2)3/h4-9H,15H2,1-3H3. The van der Waals surface area contributed by atoms with Crippen LogP contribution in [0.4, 0.5) is 5.69 Å². The molecular weight excluding hydrogens is 306 g/mol. The minimum Gasteiger partial charge on any atom is -0.377 e. The average Bonchev–Trinajstić information content (AvgIpc) is 2.45. The van der Waals surface area contributed by atoms with Crippen LogP contribution in [-0.2, 0) is 19.8 Å². The first-order valence-electron chi connectivity index (χ1n) is 6.42. The third-order valence-corrected chi connectivity index (χ3v) is 4.88. The van der Waals surface area contributed by atoms with Gasteiger partial charge in [0, 0.05) is 37.5 Å². The molecule has 0 unspecified atom stereocenters. The van der Waals surface area contributed by atoms with E-state index in [9.17, 15) is 13.2 Å². The molecule has 7 nitrogen and oxygen atoms in total. The lowest BCUT2D eigenvalue weighted by atomic mass is 10.1. The predicted octanol–water partition coefficient (Wildman–Crippen LogP) is 1.25. The molecule has 0 saturated carbocycles. The number of nitrogens with two attached hydrogens (primary N) is 1. The zero-order chi connectivity index (χ0) is 16.5. The number of carbonyl (C=O) groups excluding carboxylic acids is 1. The van der Waals surface area contributed by atoms with Crippen molar-refractivity contribution in [3.05, 3.63) is 36.4 Å². The van der Waals surface area contributed by atoms with E-state index in [4.69, 9.17) is 5.90 Å². The molecule has 2 rings (SSSR count). The molecule has 0 radical (unpaired) electrons. The summed E-state index contributed by atoms with van der Waals surface area (Å²) in [5.41, 5.74) is 0.859. The van der Waals surface area contributed by atoms with Crippen LogP contribution < -0.4 is 10.8 Å². The van der Waals surface area contributed by atoms with Crippen molar-refractivity contribution in [1.82, 2.24) is 4.47 Å². The molecular formula is C14H17N3O4S. The van der Waals surface area contributed by atoms with Gasteiger partial charge < -0.3 is 4.90 Å². The van der Waals surface area contributed by atoms with Crippen molar-refractivity contribution in [2.24, 2.45) is 5.90 Å². The maximum atomic E-state index is 12.6. The second-order valence-corrected chi connectivity index (χ2v) is 6.60. The molecule has 0 aliphatic carbocycles. The van der Waals surface area contributed by atoms with Gasteiger partial charge in [0.1, 0.15) is 0 Å². The number of nitrogens with zero attached hydrogens (tertiary/aromatic N) is 2. The van der Waals surface area contributed by atoms with E-state index in [0.29, 0.717) is 5.39 Å². The molecule has 2 N–H and O–H groups in total. The third-order valence-electron chi connectivity index (χ3n) is 3.19. The van der Waals surface area contributed by atoms with Crippen molar-refractivity contribution in [1.29, 1.82) is 0 Å². The molecule has 2 aromatic rings. The van der Waals surface area contributed by atoms with Crippen LogP contribution in [-0.4, -0.2) is 32.9 Å². The Balaban J connectivity index is 2.77. The summed E-state index contributed by atoms with van der Waals surface area (Å²) in [5.74, 6) is 4.11. The first kappa shape index (κ1) is 16.2. The molecule has 0 aliphatic heterocycles. The SMILES string of the molecule is CC(=O)N(ON)S(=O)(=O)c1cccc2c(N(C)C)cccc12. The highest BCUT2D eigenvalue weighted by molar-refractivity contribution is 7.89. The molecule has 0 aliphatic rings. The van der Waals surface area contributed by atoms with E-state index in [-0.39, 0.29) is 9.36 Å². The highest BCUT2D eigenvalue weighted by Crippen LogP contribution is 2.31. The second-order valence-electron chi connectivity index (χ2n) is 4.88. The van der Waals surface area contributed by atoms with E-state index >= 15 is 0 Å². The van der Waals surface area contributed by atoms with E-state index < -0.39 is 15.9 Å². The molecule has 0 bridgehead atoms. The Hall–Kier alpha value is -2.16. The fourth-order valence-corrected chi connectivity index (χ4v) is 3.61. The molecule has 22 heavy (non-hydrogen) atoms. The van der Waals surface area contributed by atoms with E-state index in [1.165, 1.54) is 6.07 Å². The van der Waals surface area contributed by atoms with Crippen LogP contribution in [0, 0.1) is 0 Å². The van der Waals surface area contributed by atoms with Gasteiger partial charge in [-0.05, 0) is 12.1 Å². The Kier molecular flexibility index (Phi) is 4.36. The molecule has 0 saturated heterocycles. The van der Waals surface area contributed by atoms with E-state index in [1.54, 1.807) is 18.2 Å². The minimum absolute atomic E-state index is 0.0469. The van der Waals surface area contributed by atoms with Crippen molar-refractivity contribution < 1.29 is 18.2 Å². The number of benzene rings is 2. The van der Waals surface area contributed by atoms with Crippen LogP contribution in [0.5, 0.6) is 0 Å². The summed E-state index contributed by atoms with van der Waals surface area (Å²) in [7, 11) is -0.478. The van der Waals surface area contributed by atoms with Crippen LogP contribution in [0.25, 0.3) is 10.8 Å². The highest BCUT2D eigenvalue weighted by atomic mass is 32.2. The molecule has 1 amide bonds. The number of amides is 1. The molecule has 8 heteroatoms. The quantitative estimate of drug-likeness (QED) is 0.851. The van der Waals surface area contributed by atoms with Gasteiger partial charge >= 0.3 is 0 Å². The Labute approximate surface area is 128 Å². The number of sulfonamides is 1. The van der Waals surface area contributed by atoms with Gasteiger partial charge in [0.15, 0.2) is 0 Å². The second kappa shape index (κ2) is 5.91. The fraction of sp³-hybridized carbons (Fsp3) is 0.214. The summed E-state index contributed by atoms with van der Waals surface area (Å²) in [4.78, 5) is 17.5. The lowest BCUT2D eigenvalue weighted by Crippen LogP contribution is -2.37. The fourth-order valence-electron chi connectivity index (χ4n) is 2.27. The van der Waals surface area contributed by atoms with Gasteiger partial charge in [0.25, 0.3) is 15.9 Å². The summed E-state index contributed by atoms with van der Waals surface area (Å²) in [6.07, 6.45) is 0. The number of hydrogen-bond acceptors (Lipinski definition) is 6. The maximum Gasteiger partial charge on any atom is 0.291 e. The van der Waals surface area contributed by atoms with Crippen molar-refractivity contribution >= 4 is 32.4 Å². The Bertz CT molecular complexity index is 818. The summed E-state index contributed by atoms with van der Waals surface area (Å²) in [6, 6.07) is 10.1. The Morgan fingerprint density at radius 3 is 2.23 bits per heavy atom. The number of hydroxylamine groups is 1. The highest BCUT2D eigenvalue weighted by Gasteiger charge is 2.30. The largest absolute Gasteiger partial charge is 0.377 e. The molecule has 2 aromatic carbocycles. The van der Waals surface area contributed by atoms with Crippen molar-refractivity contribution in [2.45, 2.75) is 11.8 Å². The van der Waals surface area contributed by atoms with Crippen LogP contribution in [0.3, 0.4) is 0 Å². The van der Waals surface area contributed by atoms with E-state index in [1.807, 2.05) is 31.1 Å². The molecule has 0 fully saturated rings. The van der Waals surface area contributed by atoms with Crippen LogP contribution in [0.2, 0.25) is 0 Å². The normalized spacial score (nSPS) is 11.5. The lowest BCUT2D eigenvalue weighted by molar-refractivity contribution is -0.156. The predicted molar refractivity (Wildman–Crippen MR) is 83.3 cm³/mol. The Morgan fingerprint density at radius 1 is 1.09 bits per heavy atom. The van der Waals surface area contributed by atoms with Gasteiger partial charge in [0.05, 0.1) is 4.90 Å². The summed E-state index contributed by atoms with van der Waals surface area (Å²) in [6.45, 7) is 1.06. The molecule has 0 spiro atoms. The number of hydrogen-bond donors (Lipinski definition) is 1. The molecule has 0 aromatic heterocycles. The average molecular weight is 323 g/mol. The van der Waals surface area contributed by atoms with Gasteiger partial charge in [-0.25, -0.2) is 0 Å². The monoisotopic (exact) mass is 323 g/mol. The smallest absolute Gasteiger partial charge is 0.291 e. The lowest BCUT2D eigenvalue weighted by Gasteiger charge is -2.20. The number of carbonyl (C=O) groups is 1. The van der Waals surface area contributed by atoms with Crippen molar-refractivity contribution in [3.8, 4) is 0 Å². The van der Waals surface area contributed by atoms with Gasteiger partial charge in [-0.3, -0.25) is 4.79 Å². The van der Waals surface area contributed by atoms with Gasteiger partial charge in [-0.15, -0.1) is 0 Å². The zero-order valence-corrected chi connectivity index (χ0v) is 13.3. The maximum absolute atomic E-state index is 12.6. The van der Waals surface area contributed by atoms with Crippen molar-refractivity contribution in [2.75, 3.05) is 19.0 Å². The van der Waals surface area contributed by atoms with E-state index in [0.717, 1.165) is 18.0 Å². The first-order valence-corrected chi connectivity index (χ1v) is 7.86. The Morgan fingerprint density at radius 2 is 1.68 bits per heavy atom. The molecule has 118 valence electrons. The molecule has 0 heterocycles. The summed E-state index contributed by atoms with van der Waals surface area (Å²) in [5, 5.41) is 1.23. The summed E-state index contributed by atoms with van der Waals surface area (Å²) < 4.78 is 25.3. The third kappa shape index (κ3) is 2.63. The van der Waals surface area contributed by atoms with Gasteiger partial charge in [-0.2, -0.15) is 19.3 Å². The van der Waals surface area contributed by atoms with Gasteiger partial charge in [0.2, 0.25) is 0 Å². The number of fused-ring (bicyclic) bond motifs is 1. The minimum atomic E-state index is -4.20. The first-order chi connectivity index (χ1) is 10.3. The van der Waals surface area contributed by atoms with Crippen molar-refractivity contribution in [3.63, 3.8) is 0 Å².